The van der Waals surface area contributed by atoms with Gasteiger partial charge in [0, 0.05) is 11.4 Å². The molecule has 0 spiro atoms. The third kappa shape index (κ3) is 7.14. The van der Waals surface area contributed by atoms with E-state index in [1.807, 2.05) is 13.0 Å². The highest BCUT2D eigenvalue weighted by atomic mass is 32.2. The van der Waals surface area contributed by atoms with Gasteiger partial charge in [-0.2, -0.15) is 8.42 Å². The molecule has 10 heteroatoms. The number of sulfone groups is 1. The van der Waals surface area contributed by atoms with Gasteiger partial charge in [0.05, 0.1) is 22.2 Å². The summed E-state index contributed by atoms with van der Waals surface area (Å²) in [7, 11) is -7.67. The van der Waals surface area contributed by atoms with Crippen LogP contribution in [0.4, 0.5) is 16.2 Å². The highest BCUT2D eigenvalue weighted by Crippen LogP contribution is 2.19. The van der Waals surface area contributed by atoms with Crippen molar-refractivity contribution in [1.29, 1.82) is 0 Å². The van der Waals surface area contributed by atoms with Gasteiger partial charge in [0.15, 0.2) is 9.84 Å². The first-order valence-electron chi connectivity index (χ1n) is 10.1. The Labute approximate surface area is 193 Å². The summed E-state index contributed by atoms with van der Waals surface area (Å²) < 4.78 is 54.7. The summed E-state index contributed by atoms with van der Waals surface area (Å²) in [6.07, 6.45) is -0.0143. The van der Waals surface area contributed by atoms with Crippen LogP contribution < -0.4 is 10.6 Å². The van der Waals surface area contributed by atoms with Crippen LogP contribution in [0, 0.1) is 6.92 Å². The summed E-state index contributed by atoms with van der Waals surface area (Å²) in [5, 5.41) is 5.24. The maximum Gasteiger partial charge on any atom is 0.323 e. The van der Waals surface area contributed by atoms with Crippen molar-refractivity contribution in [2.24, 2.45) is 0 Å². The molecule has 0 heterocycles. The number of anilines is 2. The molecule has 33 heavy (non-hydrogen) atoms. The monoisotopic (exact) mass is 488 g/mol. The van der Waals surface area contributed by atoms with Gasteiger partial charge < -0.3 is 10.6 Å². The number of urea groups is 1. The lowest BCUT2D eigenvalue weighted by atomic mass is 10.2. The van der Waals surface area contributed by atoms with Crippen LogP contribution in [0.3, 0.4) is 0 Å². The number of amides is 2. The van der Waals surface area contributed by atoms with E-state index in [0.717, 1.165) is 5.56 Å². The third-order valence-corrected chi connectivity index (χ3v) is 7.71. The van der Waals surface area contributed by atoms with Gasteiger partial charge in [0.2, 0.25) is 0 Å². The molecule has 0 aliphatic heterocycles. The largest absolute Gasteiger partial charge is 0.323 e. The molecule has 0 aliphatic carbocycles. The standard InChI is InChI=1S/C23H24N2O6S2/c1-18-11-13-21(14-12-18)33(29,30)31-15-6-16-32(27,28)22-10-5-9-20(17-22)25-23(26)24-19-7-3-2-4-8-19/h2-5,7-14,17H,6,15-16H2,1H3,(H2,24,25,26). The predicted molar refractivity (Wildman–Crippen MR) is 127 cm³/mol. The minimum absolute atomic E-state index is 0.0143. The van der Waals surface area contributed by atoms with Crippen molar-refractivity contribution < 1.29 is 25.8 Å². The number of rotatable bonds is 9. The molecule has 0 aliphatic rings. The minimum atomic E-state index is -3.95. The van der Waals surface area contributed by atoms with Crippen molar-refractivity contribution in [3.8, 4) is 0 Å². The van der Waals surface area contributed by atoms with Gasteiger partial charge in [0.25, 0.3) is 10.1 Å². The highest BCUT2D eigenvalue weighted by Gasteiger charge is 2.18. The highest BCUT2D eigenvalue weighted by molar-refractivity contribution is 7.91. The van der Waals surface area contributed by atoms with Crippen LogP contribution in [0.15, 0.2) is 88.7 Å². The van der Waals surface area contributed by atoms with Crippen molar-refractivity contribution in [2.75, 3.05) is 23.0 Å². The normalized spacial score (nSPS) is 11.7. The Morgan fingerprint density at radius 1 is 0.788 bits per heavy atom. The molecule has 0 radical (unpaired) electrons. The number of aryl methyl sites for hydroxylation is 1. The molecule has 3 aromatic carbocycles. The second-order valence-corrected chi connectivity index (χ2v) is 11.0. The van der Waals surface area contributed by atoms with Gasteiger partial charge in [-0.25, -0.2) is 13.2 Å². The van der Waals surface area contributed by atoms with Gasteiger partial charge >= 0.3 is 6.03 Å². The zero-order chi connectivity index (χ0) is 23.9. The van der Waals surface area contributed by atoms with Crippen LogP contribution in [0.2, 0.25) is 0 Å². The van der Waals surface area contributed by atoms with Crippen molar-refractivity contribution >= 4 is 37.4 Å². The Bertz CT molecular complexity index is 1310. The van der Waals surface area contributed by atoms with Crippen molar-refractivity contribution in [2.45, 2.75) is 23.1 Å². The van der Waals surface area contributed by atoms with E-state index in [0.29, 0.717) is 11.4 Å². The zero-order valence-corrected chi connectivity index (χ0v) is 19.5. The Hall–Kier alpha value is -3.21. The van der Waals surface area contributed by atoms with E-state index in [-0.39, 0.29) is 28.6 Å². The smallest absolute Gasteiger partial charge is 0.308 e. The van der Waals surface area contributed by atoms with Gasteiger partial charge in [-0.3, -0.25) is 4.18 Å². The Kier molecular flexibility index (Phi) is 7.85. The number of benzene rings is 3. The Morgan fingerprint density at radius 2 is 1.42 bits per heavy atom. The molecule has 2 amide bonds. The number of para-hydroxylation sites is 1. The quantitative estimate of drug-likeness (QED) is 0.344. The van der Waals surface area contributed by atoms with Crippen LogP contribution in [0.1, 0.15) is 12.0 Å². The van der Waals surface area contributed by atoms with E-state index in [2.05, 4.69) is 10.6 Å². The summed E-state index contributed by atoms with van der Waals surface area (Å²) in [6, 6.07) is 20.4. The summed E-state index contributed by atoms with van der Waals surface area (Å²) in [5.41, 5.74) is 1.82. The van der Waals surface area contributed by atoms with Crippen molar-refractivity contribution in [1.82, 2.24) is 0 Å². The average molecular weight is 489 g/mol. The summed E-state index contributed by atoms with van der Waals surface area (Å²) in [6.45, 7) is 1.56. The maximum atomic E-state index is 12.7. The number of hydrogen-bond acceptors (Lipinski definition) is 6. The molecule has 174 valence electrons. The second kappa shape index (κ2) is 10.6. The number of carbonyl (C=O) groups excluding carboxylic acids is 1. The van der Waals surface area contributed by atoms with Gasteiger partial charge in [0.1, 0.15) is 0 Å². The van der Waals surface area contributed by atoms with Crippen LogP contribution in [0.25, 0.3) is 0 Å². The van der Waals surface area contributed by atoms with E-state index in [1.54, 1.807) is 42.5 Å². The van der Waals surface area contributed by atoms with Crippen molar-refractivity contribution in [3.63, 3.8) is 0 Å². The first kappa shape index (κ1) is 24.4. The van der Waals surface area contributed by atoms with Crippen LogP contribution in [-0.4, -0.2) is 35.2 Å². The van der Waals surface area contributed by atoms with Gasteiger partial charge in [-0.1, -0.05) is 42.0 Å². The fraction of sp³-hybridized carbons (Fsp3) is 0.174. The number of hydrogen-bond donors (Lipinski definition) is 2. The molecule has 3 rings (SSSR count). The van der Waals surface area contributed by atoms with E-state index in [9.17, 15) is 21.6 Å². The van der Waals surface area contributed by atoms with E-state index in [4.69, 9.17) is 4.18 Å². The summed E-state index contributed by atoms with van der Waals surface area (Å²) in [5.74, 6) is -0.309. The van der Waals surface area contributed by atoms with E-state index in [1.165, 1.54) is 30.3 Å². The molecule has 0 fully saturated rings. The molecular weight excluding hydrogens is 464 g/mol. The Balaban J connectivity index is 1.55. The molecule has 0 bridgehead atoms. The lowest BCUT2D eigenvalue weighted by molar-refractivity contribution is 0.262. The molecule has 0 saturated heterocycles. The van der Waals surface area contributed by atoms with Crippen LogP contribution >= 0.6 is 0 Å². The fourth-order valence-electron chi connectivity index (χ4n) is 2.89. The van der Waals surface area contributed by atoms with Crippen LogP contribution in [-0.2, 0) is 24.1 Å². The van der Waals surface area contributed by atoms with Crippen LogP contribution in [0.5, 0.6) is 0 Å². The lowest BCUT2D eigenvalue weighted by Gasteiger charge is -2.10. The number of carbonyl (C=O) groups is 1. The minimum Gasteiger partial charge on any atom is -0.308 e. The molecule has 8 nitrogen and oxygen atoms in total. The molecule has 0 unspecified atom stereocenters. The topological polar surface area (TPSA) is 119 Å². The molecule has 0 atom stereocenters. The molecule has 0 saturated carbocycles. The van der Waals surface area contributed by atoms with E-state index >= 15 is 0 Å². The first-order chi connectivity index (χ1) is 15.7. The zero-order valence-electron chi connectivity index (χ0n) is 17.9. The van der Waals surface area contributed by atoms with Gasteiger partial charge in [-0.05, 0) is 55.8 Å². The molecule has 0 aromatic heterocycles. The SMILES string of the molecule is Cc1ccc(S(=O)(=O)OCCCS(=O)(=O)c2cccc(NC(=O)Nc3ccccc3)c2)cc1. The fourth-order valence-corrected chi connectivity index (χ4v) is 5.16. The van der Waals surface area contributed by atoms with E-state index < -0.39 is 26.0 Å². The van der Waals surface area contributed by atoms with Crippen molar-refractivity contribution in [3.05, 3.63) is 84.4 Å². The predicted octanol–water partition coefficient (Wildman–Crippen LogP) is 4.21. The third-order valence-electron chi connectivity index (χ3n) is 4.59. The first-order valence-corrected chi connectivity index (χ1v) is 13.1. The van der Waals surface area contributed by atoms with Gasteiger partial charge in [-0.15, -0.1) is 0 Å². The molecule has 3 aromatic rings. The average Bonchev–Trinajstić information content (AvgIpc) is 2.78. The lowest BCUT2D eigenvalue weighted by Crippen LogP contribution is -2.19. The second-order valence-electron chi connectivity index (χ2n) is 7.23. The molecule has 2 N–H and O–H groups in total. The number of nitrogens with one attached hydrogen (secondary N) is 2. The maximum absolute atomic E-state index is 12.7. The Morgan fingerprint density at radius 3 is 2.12 bits per heavy atom. The summed E-state index contributed by atoms with van der Waals surface area (Å²) >= 11 is 0. The molecular formula is C23H24N2O6S2. The summed E-state index contributed by atoms with van der Waals surface area (Å²) in [4.78, 5) is 12.2.